The molecule has 15 heteroatoms. The van der Waals surface area contributed by atoms with Gasteiger partial charge in [-0.1, -0.05) is 17.7 Å². The van der Waals surface area contributed by atoms with E-state index in [2.05, 4.69) is 5.32 Å². The molecule has 0 radical (unpaired) electrons. The third-order valence-electron chi connectivity index (χ3n) is 5.66. The predicted molar refractivity (Wildman–Crippen MR) is 138 cm³/mol. The number of anilines is 2. The largest absolute Gasteiger partial charge is 0.416 e. The van der Waals surface area contributed by atoms with Gasteiger partial charge in [-0.05, 0) is 60.7 Å². The molecule has 0 spiro atoms. The lowest BCUT2D eigenvalue weighted by Gasteiger charge is -2.26. The van der Waals surface area contributed by atoms with Crippen LogP contribution in [0.1, 0.15) is 15.9 Å². The lowest BCUT2D eigenvalue weighted by molar-refractivity contribution is -0.137. The molecule has 2 N–H and O–H groups in total. The van der Waals surface area contributed by atoms with Crippen LogP contribution in [0.4, 0.5) is 24.5 Å². The van der Waals surface area contributed by atoms with Crippen LogP contribution in [-0.4, -0.2) is 53.4 Å². The molecule has 0 aliphatic carbocycles. The summed E-state index contributed by atoms with van der Waals surface area (Å²) in [5, 5.41) is 2.30. The van der Waals surface area contributed by atoms with E-state index in [-0.39, 0.29) is 34.3 Å². The van der Waals surface area contributed by atoms with E-state index in [1.165, 1.54) is 40.7 Å². The number of rotatable bonds is 7. The zero-order valence-corrected chi connectivity index (χ0v) is 22.3. The van der Waals surface area contributed by atoms with Crippen molar-refractivity contribution in [1.82, 2.24) is 4.31 Å². The number of sulfonamides is 2. The molecule has 1 fully saturated rings. The number of carbonyl (C=O) groups is 1. The minimum absolute atomic E-state index is 0.0369. The van der Waals surface area contributed by atoms with E-state index in [1.807, 2.05) is 4.72 Å². The molecule has 1 heterocycles. The van der Waals surface area contributed by atoms with Gasteiger partial charge in [0.2, 0.25) is 10.0 Å². The number of nitrogens with zero attached hydrogens (tertiary/aromatic N) is 1. The van der Waals surface area contributed by atoms with Gasteiger partial charge in [0.15, 0.2) is 0 Å². The number of amides is 1. The Morgan fingerprint density at radius 2 is 1.56 bits per heavy atom. The average Bonchev–Trinajstić information content (AvgIpc) is 2.90. The maximum atomic E-state index is 13.0. The van der Waals surface area contributed by atoms with Crippen LogP contribution in [-0.2, 0) is 31.0 Å². The molecule has 9 nitrogen and oxygen atoms in total. The molecule has 208 valence electrons. The molecule has 0 unspecified atom stereocenters. The second kappa shape index (κ2) is 11.1. The fourth-order valence-electron chi connectivity index (χ4n) is 3.64. The van der Waals surface area contributed by atoms with E-state index in [1.54, 1.807) is 0 Å². The maximum Gasteiger partial charge on any atom is 0.416 e. The van der Waals surface area contributed by atoms with Gasteiger partial charge in [-0.2, -0.15) is 17.5 Å². The van der Waals surface area contributed by atoms with E-state index >= 15 is 0 Å². The minimum Gasteiger partial charge on any atom is -0.379 e. The molecule has 1 aliphatic heterocycles. The number of hydrogen-bond donors (Lipinski definition) is 2. The molecule has 0 atom stereocenters. The first-order chi connectivity index (χ1) is 18.3. The summed E-state index contributed by atoms with van der Waals surface area (Å²) >= 11 is 5.89. The molecule has 1 amide bonds. The number of hydrogen-bond acceptors (Lipinski definition) is 6. The smallest absolute Gasteiger partial charge is 0.379 e. The first-order valence-electron chi connectivity index (χ1n) is 11.3. The van der Waals surface area contributed by atoms with Gasteiger partial charge >= 0.3 is 6.18 Å². The van der Waals surface area contributed by atoms with E-state index < -0.39 is 48.3 Å². The average molecular weight is 604 g/mol. The topological polar surface area (TPSA) is 122 Å². The van der Waals surface area contributed by atoms with Crippen LogP contribution in [0.25, 0.3) is 0 Å². The van der Waals surface area contributed by atoms with Crippen LogP contribution >= 0.6 is 11.6 Å². The Morgan fingerprint density at radius 1 is 0.897 bits per heavy atom. The zero-order valence-electron chi connectivity index (χ0n) is 19.9. The molecule has 0 saturated carbocycles. The lowest BCUT2D eigenvalue weighted by Crippen LogP contribution is -2.40. The number of morpholine rings is 1. The molecule has 1 aliphatic rings. The Hall–Kier alpha value is -3.17. The van der Waals surface area contributed by atoms with Crippen molar-refractivity contribution < 1.29 is 39.5 Å². The highest BCUT2D eigenvalue weighted by atomic mass is 35.5. The summed E-state index contributed by atoms with van der Waals surface area (Å²) in [6.45, 7) is 1.05. The molecule has 3 aromatic rings. The molecule has 3 aromatic carbocycles. The Morgan fingerprint density at radius 3 is 2.21 bits per heavy atom. The van der Waals surface area contributed by atoms with Crippen LogP contribution in [0.5, 0.6) is 0 Å². The van der Waals surface area contributed by atoms with Crippen molar-refractivity contribution in [3.05, 3.63) is 82.9 Å². The summed E-state index contributed by atoms with van der Waals surface area (Å²) in [6.07, 6.45) is -4.71. The lowest BCUT2D eigenvalue weighted by atomic mass is 10.2. The third kappa shape index (κ3) is 6.70. The summed E-state index contributed by atoms with van der Waals surface area (Å²) in [6, 6.07) is 12.5. The summed E-state index contributed by atoms with van der Waals surface area (Å²) in [5.41, 5.74) is -1.39. The van der Waals surface area contributed by atoms with Crippen LogP contribution in [0.15, 0.2) is 76.5 Å². The molecule has 1 saturated heterocycles. The zero-order chi connectivity index (χ0) is 28.4. The minimum atomic E-state index is -4.71. The molecule has 0 aromatic heterocycles. The SMILES string of the molecule is O=C(Nc1ccc(S(=O)(=O)N2CCOCC2)cc1)c1cccc(S(=O)(=O)Nc2cc(C(F)(F)F)ccc2Cl)c1. The summed E-state index contributed by atoms with van der Waals surface area (Å²) in [4.78, 5) is 12.4. The van der Waals surface area contributed by atoms with Gasteiger partial charge in [0.25, 0.3) is 15.9 Å². The predicted octanol–water partition coefficient (Wildman–Crippen LogP) is 4.43. The van der Waals surface area contributed by atoms with Crippen molar-refractivity contribution in [2.24, 2.45) is 0 Å². The van der Waals surface area contributed by atoms with Gasteiger partial charge in [0, 0.05) is 24.3 Å². The van der Waals surface area contributed by atoms with E-state index in [9.17, 15) is 34.8 Å². The summed E-state index contributed by atoms with van der Waals surface area (Å²) in [7, 11) is -8.15. The van der Waals surface area contributed by atoms with Gasteiger partial charge < -0.3 is 10.1 Å². The van der Waals surface area contributed by atoms with E-state index in [4.69, 9.17) is 16.3 Å². The first-order valence-corrected chi connectivity index (χ1v) is 14.6. The molecule has 39 heavy (non-hydrogen) atoms. The Kier molecular flexibility index (Phi) is 8.23. The second-order valence-corrected chi connectivity index (χ2v) is 12.3. The van der Waals surface area contributed by atoms with Crippen molar-refractivity contribution in [3.63, 3.8) is 0 Å². The first kappa shape index (κ1) is 28.8. The normalized spacial score (nSPS) is 15.1. The van der Waals surface area contributed by atoms with E-state index in [0.29, 0.717) is 19.3 Å². The quantitative estimate of drug-likeness (QED) is 0.412. The Labute approximate surface area is 227 Å². The Balaban J connectivity index is 1.49. The van der Waals surface area contributed by atoms with E-state index in [0.717, 1.165) is 24.3 Å². The highest BCUT2D eigenvalue weighted by Gasteiger charge is 2.31. The summed E-state index contributed by atoms with van der Waals surface area (Å²) in [5.74, 6) is -0.701. The summed E-state index contributed by atoms with van der Waals surface area (Å²) < 4.78 is 98.8. The van der Waals surface area contributed by atoms with Crippen molar-refractivity contribution in [3.8, 4) is 0 Å². The highest BCUT2D eigenvalue weighted by Crippen LogP contribution is 2.34. The fourth-order valence-corrected chi connectivity index (χ4v) is 6.38. The molecular weight excluding hydrogens is 583 g/mol. The number of carbonyl (C=O) groups excluding carboxylic acids is 1. The molecule has 0 bridgehead atoms. The number of benzene rings is 3. The van der Waals surface area contributed by atoms with Crippen molar-refractivity contribution >= 4 is 48.9 Å². The van der Waals surface area contributed by atoms with Crippen LogP contribution < -0.4 is 10.0 Å². The highest BCUT2D eigenvalue weighted by molar-refractivity contribution is 7.92. The van der Waals surface area contributed by atoms with Gasteiger partial charge in [-0.15, -0.1) is 0 Å². The third-order valence-corrected chi connectivity index (χ3v) is 9.27. The van der Waals surface area contributed by atoms with Crippen LogP contribution in [0, 0.1) is 0 Å². The number of alkyl halides is 3. The standard InChI is InChI=1S/C24H21ClF3N3O6S2/c25-21-9-4-17(24(26,27)28)15-22(21)30-38(33,34)20-3-1-2-16(14-20)23(32)29-18-5-7-19(8-6-18)39(35,36)31-10-12-37-13-11-31/h1-9,14-15,30H,10-13H2,(H,29,32). The van der Waals surface area contributed by atoms with Gasteiger partial charge in [-0.25, -0.2) is 16.8 Å². The maximum absolute atomic E-state index is 13.0. The van der Waals surface area contributed by atoms with Crippen molar-refractivity contribution in [2.45, 2.75) is 16.0 Å². The van der Waals surface area contributed by atoms with Gasteiger partial charge in [0.1, 0.15) is 0 Å². The number of halogens is 4. The van der Waals surface area contributed by atoms with Crippen LogP contribution in [0.3, 0.4) is 0 Å². The van der Waals surface area contributed by atoms with Crippen molar-refractivity contribution in [2.75, 3.05) is 36.3 Å². The monoisotopic (exact) mass is 603 g/mol. The second-order valence-electron chi connectivity index (χ2n) is 8.32. The molecule has 4 rings (SSSR count). The van der Waals surface area contributed by atoms with Gasteiger partial charge in [0.05, 0.1) is 39.3 Å². The van der Waals surface area contributed by atoms with Gasteiger partial charge in [-0.3, -0.25) is 9.52 Å². The number of nitrogens with one attached hydrogen (secondary N) is 2. The molecular formula is C24H21ClF3N3O6S2. The Bertz CT molecular complexity index is 1590. The fraction of sp³-hybridized carbons (Fsp3) is 0.208. The van der Waals surface area contributed by atoms with Crippen molar-refractivity contribution in [1.29, 1.82) is 0 Å². The number of ether oxygens (including phenoxy) is 1. The van der Waals surface area contributed by atoms with Crippen LogP contribution in [0.2, 0.25) is 5.02 Å².